The van der Waals surface area contributed by atoms with Gasteiger partial charge in [0.1, 0.15) is 11.4 Å². The van der Waals surface area contributed by atoms with Gasteiger partial charge in [-0.25, -0.2) is 8.42 Å². The number of benzene rings is 3. The Morgan fingerprint density at radius 2 is 1.58 bits per heavy atom. The number of amides is 1. The van der Waals surface area contributed by atoms with Crippen LogP contribution in [-0.4, -0.2) is 19.9 Å². The summed E-state index contributed by atoms with van der Waals surface area (Å²) >= 11 is 0. The quantitative estimate of drug-likeness (QED) is 0.497. The van der Waals surface area contributed by atoms with E-state index in [4.69, 9.17) is 4.74 Å². The fourth-order valence-electron chi connectivity index (χ4n) is 4.17. The molecule has 172 valence electrons. The molecule has 0 aromatic heterocycles. The summed E-state index contributed by atoms with van der Waals surface area (Å²) in [5.74, 6) is 0.596. The number of anilines is 1. The van der Waals surface area contributed by atoms with Crippen LogP contribution in [0.1, 0.15) is 55.1 Å². The molecule has 1 amide bonds. The van der Waals surface area contributed by atoms with Crippen LogP contribution in [0.5, 0.6) is 5.75 Å². The first-order valence-electron chi connectivity index (χ1n) is 11.1. The zero-order valence-corrected chi connectivity index (χ0v) is 19.6. The molecule has 0 saturated carbocycles. The summed E-state index contributed by atoms with van der Waals surface area (Å²) in [6, 6.07) is 22.2. The third kappa shape index (κ3) is 4.88. The van der Waals surface area contributed by atoms with Crippen LogP contribution in [0.15, 0.2) is 83.8 Å². The van der Waals surface area contributed by atoms with Gasteiger partial charge in [-0.2, -0.15) is 0 Å². The highest BCUT2D eigenvalue weighted by atomic mass is 32.2. The van der Waals surface area contributed by atoms with Crippen molar-refractivity contribution in [1.82, 2.24) is 5.32 Å². The van der Waals surface area contributed by atoms with Gasteiger partial charge in [0, 0.05) is 23.2 Å². The zero-order valence-electron chi connectivity index (χ0n) is 18.7. The van der Waals surface area contributed by atoms with Crippen LogP contribution in [0.3, 0.4) is 0 Å². The van der Waals surface area contributed by atoms with Gasteiger partial charge in [0.2, 0.25) is 0 Å². The highest BCUT2D eigenvalue weighted by Gasteiger charge is 2.39. The summed E-state index contributed by atoms with van der Waals surface area (Å²) in [7, 11) is -3.69. The highest BCUT2D eigenvalue weighted by molar-refractivity contribution is 7.92. The number of nitrogens with one attached hydrogen (secondary N) is 2. The number of fused-ring (bicyclic) bond motifs is 1. The Kier molecular flexibility index (Phi) is 6.42. The van der Waals surface area contributed by atoms with Crippen molar-refractivity contribution in [2.45, 2.75) is 49.6 Å². The molecular formula is C26H28N2O4S. The van der Waals surface area contributed by atoms with Gasteiger partial charge >= 0.3 is 0 Å². The van der Waals surface area contributed by atoms with Crippen LogP contribution in [-0.2, 0) is 10.0 Å². The number of rotatable bonds is 7. The van der Waals surface area contributed by atoms with E-state index in [1.54, 1.807) is 42.5 Å². The Labute approximate surface area is 195 Å². The van der Waals surface area contributed by atoms with Crippen LogP contribution in [0.4, 0.5) is 5.69 Å². The van der Waals surface area contributed by atoms with E-state index in [0.29, 0.717) is 17.7 Å². The lowest BCUT2D eigenvalue weighted by atomic mass is 9.83. The molecule has 1 aliphatic heterocycles. The van der Waals surface area contributed by atoms with Gasteiger partial charge in [-0.1, -0.05) is 50.2 Å². The van der Waals surface area contributed by atoms with Gasteiger partial charge < -0.3 is 10.1 Å². The average Bonchev–Trinajstić information content (AvgIpc) is 2.84. The molecule has 0 bridgehead atoms. The first-order chi connectivity index (χ1) is 15.9. The van der Waals surface area contributed by atoms with E-state index in [-0.39, 0.29) is 22.4 Å². The predicted octanol–water partition coefficient (Wildman–Crippen LogP) is 5.30. The zero-order chi connectivity index (χ0) is 23.5. The average molecular weight is 465 g/mol. The first kappa shape index (κ1) is 22.9. The molecule has 1 heterocycles. The fraction of sp³-hybridized carbons (Fsp3) is 0.269. The number of hydrogen-bond donors (Lipinski definition) is 2. The van der Waals surface area contributed by atoms with Crippen LogP contribution >= 0.6 is 0 Å². The summed E-state index contributed by atoms with van der Waals surface area (Å²) in [6.45, 7) is 4.21. The molecule has 1 aliphatic rings. The van der Waals surface area contributed by atoms with Gasteiger partial charge in [-0.15, -0.1) is 0 Å². The minimum atomic E-state index is -3.69. The summed E-state index contributed by atoms with van der Waals surface area (Å²) in [6.07, 6.45) is 2.39. The summed E-state index contributed by atoms with van der Waals surface area (Å²) in [4.78, 5) is 13.2. The van der Waals surface area contributed by atoms with Crippen molar-refractivity contribution in [2.75, 3.05) is 4.72 Å². The van der Waals surface area contributed by atoms with E-state index in [9.17, 15) is 13.2 Å². The monoisotopic (exact) mass is 464 g/mol. The van der Waals surface area contributed by atoms with Crippen molar-refractivity contribution in [3.8, 4) is 5.75 Å². The molecule has 1 unspecified atom stereocenters. The fourth-order valence-corrected chi connectivity index (χ4v) is 5.25. The van der Waals surface area contributed by atoms with Crippen LogP contribution < -0.4 is 14.8 Å². The molecule has 7 heteroatoms. The largest absolute Gasteiger partial charge is 0.487 e. The van der Waals surface area contributed by atoms with Gasteiger partial charge in [-0.05, 0) is 55.3 Å². The second-order valence-electron chi connectivity index (χ2n) is 8.26. The lowest BCUT2D eigenvalue weighted by molar-refractivity contribution is 0.0227. The van der Waals surface area contributed by atoms with E-state index in [0.717, 1.165) is 24.2 Å². The molecule has 2 N–H and O–H groups in total. The van der Waals surface area contributed by atoms with E-state index in [2.05, 4.69) is 23.9 Å². The van der Waals surface area contributed by atoms with Crippen molar-refractivity contribution in [3.05, 3.63) is 90.0 Å². The number of para-hydroxylation sites is 1. The van der Waals surface area contributed by atoms with Crippen molar-refractivity contribution in [1.29, 1.82) is 0 Å². The van der Waals surface area contributed by atoms with Crippen molar-refractivity contribution in [2.24, 2.45) is 0 Å². The lowest BCUT2D eigenvalue weighted by Crippen LogP contribution is -2.44. The maximum absolute atomic E-state index is 13.0. The molecule has 0 radical (unpaired) electrons. The van der Waals surface area contributed by atoms with Gasteiger partial charge in [0.15, 0.2) is 0 Å². The van der Waals surface area contributed by atoms with E-state index in [1.807, 2.05) is 24.3 Å². The normalized spacial score (nSPS) is 16.8. The van der Waals surface area contributed by atoms with Crippen molar-refractivity contribution in [3.63, 3.8) is 0 Å². The Bertz CT molecular complexity index is 1220. The van der Waals surface area contributed by atoms with E-state index >= 15 is 0 Å². The molecule has 0 aliphatic carbocycles. The molecular weight excluding hydrogens is 436 g/mol. The lowest BCUT2D eigenvalue weighted by Gasteiger charge is -2.41. The second-order valence-corrected chi connectivity index (χ2v) is 9.94. The third-order valence-corrected chi connectivity index (χ3v) is 7.64. The van der Waals surface area contributed by atoms with Crippen molar-refractivity contribution >= 4 is 21.6 Å². The predicted molar refractivity (Wildman–Crippen MR) is 129 cm³/mol. The molecule has 0 saturated heterocycles. The number of hydrogen-bond acceptors (Lipinski definition) is 4. The molecule has 3 aromatic carbocycles. The molecule has 33 heavy (non-hydrogen) atoms. The molecule has 6 nitrogen and oxygen atoms in total. The third-order valence-electron chi connectivity index (χ3n) is 6.24. The molecule has 4 rings (SSSR count). The van der Waals surface area contributed by atoms with Crippen LogP contribution in [0.2, 0.25) is 0 Å². The van der Waals surface area contributed by atoms with Gasteiger partial charge in [0.05, 0.1) is 10.9 Å². The molecule has 0 spiro atoms. The number of ether oxygens (including phenoxy) is 1. The smallest absolute Gasteiger partial charge is 0.261 e. The second kappa shape index (κ2) is 9.27. The Hall–Kier alpha value is -3.32. The Balaban J connectivity index is 1.50. The number of carbonyl (C=O) groups excluding carboxylic acids is 1. The first-order valence-corrected chi connectivity index (χ1v) is 12.6. The summed E-state index contributed by atoms with van der Waals surface area (Å²) in [5.41, 5.74) is 1.50. The number of sulfonamides is 1. The molecule has 3 aromatic rings. The Morgan fingerprint density at radius 1 is 0.939 bits per heavy atom. The molecule has 1 atom stereocenters. The maximum Gasteiger partial charge on any atom is 0.261 e. The SMILES string of the molecule is CCC1(CC)CC(NC(=O)c2ccc(NS(=O)(=O)c3ccccc3)cc2)c2ccccc2O1. The maximum atomic E-state index is 13.0. The number of carbonyl (C=O) groups is 1. The molecule has 0 fully saturated rings. The van der Waals surface area contributed by atoms with Gasteiger partial charge in [-0.3, -0.25) is 9.52 Å². The minimum absolute atomic E-state index is 0.168. The topological polar surface area (TPSA) is 84.5 Å². The van der Waals surface area contributed by atoms with Gasteiger partial charge in [0.25, 0.3) is 15.9 Å². The highest BCUT2D eigenvalue weighted by Crippen LogP contribution is 2.42. The summed E-state index contributed by atoms with van der Waals surface area (Å²) in [5, 5.41) is 3.15. The Morgan fingerprint density at radius 3 is 2.24 bits per heavy atom. The van der Waals surface area contributed by atoms with Crippen LogP contribution in [0, 0.1) is 0 Å². The minimum Gasteiger partial charge on any atom is -0.487 e. The van der Waals surface area contributed by atoms with E-state index < -0.39 is 10.0 Å². The summed E-state index contributed by atoms with van der Waals surface area (Å²) < 4.78 is 33.9. The van der Waals surface area contributed by atoms with E-state index in [1.165, 1.54) is 12.1 Å². The standard InChI is InChI=1S/C26H28N2O4S/c1-3-26(4-2)18-23(22-12-8-9-13-24(22)32-26)27-25(29)19-14-16-20(17-15-19)28-33(30,31)21-10-6-5-7-11-21/h5-17,23,28H,3-4,18H2,1-2H3,(H,27,29). The van der Waals surface area contributed by atoms with Crippen molar-refractivity contribution < 1.29 is 17.9 Å². The van der Waals surface area contributed by atoms with Crippen LogP contribution in [0.25, 0.3) is 0 Å².